The Labute approximate surface area is 191 Å². The number of amides is 1. The average Bonchev–Trinajstić information content (AvgIpc) is 2.65. The van der Waals surface area contributed by atoms with Crippen molar-refractivity contribution in [3.05, 3.63) is 35.4 Å². The Hall–Kier alpha value is -2.39. The molecule has 0 saturated carbocycles. The molecule has 0 aliphatic carbocycles. The lowest BCUT2D eigenvalue weighted by molar-refractivity contribution is -0.120. The van der Waals surface area contributed by atoms with Crippen LogP contribution < -0.4 is 16.2 Å². The van der Waals surface area contributed by atoms with Crippen molar-refractivity contribution in [3.8, 4) is 0 Å². The minimum Gasteiger partial charge on any atom is -0.386 e. The van der Waals surface area contributed by atoms with Gasteiger partial charge in [-0.25, -0.2) is 0 Å². The molecule has 0 atom stereocenters. The third kappa shape index (κ3) is 15.1. The number of amidine groups is 2. The van der Waals surface area contributed by atoms with E-state index in [4.69, 9.17) is 16.2 Å². The minimum absolute atomic E-state index is 0.0132. The number of nitrogens with zero attached hydrogens (tertiary/aromatic N) is 2. The average molecular weight is 452 g/mol. The molecule has 8 nitrogen and oxygen atoms in total. The highest BCUT2D eigenvalue weighted by molar-refractivity contribution is 7.78. The Balaban J connectivity index is 0.000000615. The first kappa shape index (κ1) is 28.6. The Morgan fingerprint density at radius 3 is 2.16 bits per heavy atom. The monoisotopic (exact) mass is 451 g/mol. The number of thiol groups is 1. The van der Waals surface area contributed by atoms with Crippen molar-refractivity contribution in [2.24, 2.45) is 33.0 Å². The zero-order valence-electron chi connectivity index (χ0n) is 19.4. The third-order valence-electron chi connectivity index (χ3n) is 3.73. The molecule has 0 aliphatic heterocycles. The molecule has 0 saturated heterocycles. The Kier molecular flexibility index (Phi) is 13.5. The van der Waals surface area contributed by atoms with Crippen LogP contribution in [0.5, 0.6) is 0 Å². The van der Waals surface area contributed by atoms with Gasteiger partial charge >= 0.3 is 0 Å². The van der Waals surface area contributed by atoms with Gasteiger partial charge in [0.15, 0.2) is 5.84 Å². The lowest BCUT2D eigenvalue weighted by Gasteiger charge is -2.23. The van der Waals surface area contributed by atoms with Crippen LogP contribution in [-0.4, -0.2) is 36.6 Å². The number of Topliss-reactive ketones (excluding diaryl/α,β-unsaturated/α-hetero) is 1. The van der Waals surface area contributed by atoms with Crippen LogP contribution in [0.15, 0.2) is 34.5 Å². The second-order valence-corrected chi connectivity index (χ2v) is 8.81. The second-order valence-electron chi connectivity index (χ2n) is 8.59. The quantitative estimate of drug-likeness (QED) is 0.188. The summed E-state index contributed by atoms with van der Waals surface area (Å²) in [6.07, 6.45) is 0.867. The molecule has 9 heteroatoms. The number of nitrogens with two attached hydrogens (primary N) is 2. The summed E-state index contributed by atoms with van der Waals surface area (Å²) >= 11 is 3.68. The van der Waals surface area contributed by atoms with E-state index < -0.39 is 0 Å². The molecular weight excluding hydrogens is 414 g/mol. The van der Waals surface area contributed by atoms with E-state index in [0.29, 0.717) is 24.8 Å². The van der Waals surface area contributed by atoms with Crippen LogP contribution in [0.3, 0.4) is 0 Å². The Morgan fingerprint density at radius 1 is 1.13 bits per heavy atom. The Bertz CT molecular complexity index is 755. The molecule has 1 aromatic carbocycles. The summed E-state index contributed by atoms with van der Waals surface area (Å²) in [5, 5.41) is 7.43. The molecule has 0 radical (unpaired) electrons. The van der Waals surface area contributed by atoms with Crippen LogP contribution >= 0.6 is 12.8 Å². The normalized spacial score (nSPS) is 12.3. The molecular formula is C22H37N5O3S. The summed E-state index contributed by atoms with van der Waals surface area (Å²) in [5.41, 5.74) is 12.6. The fourth-order valence-electron chi connectivity index (χ4n) is 2.50. The highest BCUT2D eigenvalue weighted by Crippen LogP contribution is 2.21. The van der Waals surface area contributed by atoms with Gasteiger partial charge in [-0.15, -0.1) is 10.2 Å². The van der Waals surface area contributed by atoms with Crippen molar-refractivity contribution in [2.75, 3.05) is 13.2 Å². The molecule has 1 rings (SSSR count). The standard InChI is InChI=1S/C11H15N5OS.C11H22O2/c1-7(12)14-15-11(13)9-4-2-8(3-5-9)6-10(17)16-18;1-9(2)7-13-8-11(4,5)6-10(3)12/h2-5,18H,6H2,1H3,(H2,12,14)(H2,13,15)(H,16,17);9H,6-8H2,1-5H3. The van der Waals surface area contributed by atoms with Crippen molar-refractivity contribution < 1.29 is 14.3 Å². The number of ether oxygens (including phenoxy) is 1. The summed E-state index contributed by atoms with van der Waals surface area (Å²) in [4.78, 5) is 22.0. The molecule has 174 valence electrons. The van der Waals surface area contributed by atoms with Crippen LogP contribution in [0.2, 0.25) is 0 Å². The van der Waals surface area contributed by atoms with Gasteiger partial charge in [0.25, 0.3) is 0 Å². The number of carbonyl (C=O) groups excluding carboxylic acids is 2. The van der Waals surface area contributed by atoms with Crippen molar-refractivity contribution in [2.45, 2.75) is 54.4 Å². The number of ketones is 1. The predicted octanol–water partition coefficient (Wildman–Crippen LogP) is 2.85. The van der Waals surface area contributed by atoms with E-state index in [1.807, 2.05) is 0 Å². The van der Waals surface area contributed by atoms with Crippen molar-refractivity contribution in [3.63, 3.8) is 0 Å². The molecule has 5 N–H and O–H groups in total. The molecule has 1 amide bonds. The number of carbonyl (C=O) groups is 2. The van der Waals surface area contributed by atoms with Crippen LogP contribution in [-0.2, 0) is 20.7 Å². The van der Waals surface area contributed by atoms with Gasteiger partial charge in [-0.1, -0.05) is 64.8 Å². The smallest absolute Gasteiger partial charge is 0.234 e. The minimum atomic E-state index is -0.170. The zero-order chi connectivity index (χ0) is 24.0. The van der Waals surface area contributed by atoms with E-state index in [1.165, 1.54) is 0 Å². The summed E-state index contributed by atoms with van der Waals surface area (Å²) < 4.78 is 7.77. The molecule has 1 aromatic rings. The molecule has 0 fully saturated rings. The number of hydrogen-bond acceptors (Lipinski definition) is 6. The number of benzene rings is 1. The molecule has 0 aromatic heterocycles. The highest BCUT2D eigenvalue weighted by Gasteiger charge is 2.20. The maximum absolute atomic E-state index is 11.1. The maximum atomic E-state index is 11.1. The number of nitrogens with one attached hydrogen (secondary N) is 1. The van der Waals surface area contributed by atoms with Crippen LogP contribution in [0, 0.1) is 11.3 Å². The first-order valence-electron chi connectivity index (χ1n) is 10.1. The van der Waals surface area contributed by atoms with Gasteiger partial charge in [-0.2, -0.15) is 0 Å². The van der Waals surface area contributed by atoms with Gasteiger partial charge in [0.1, 0.15) is 11.6 Å². The summed E-state index contributed by atoms with van der Waals surface area (Å²) in [6.45, 7) is 13.1. The lowest BCUT2D eigenvalue weighted by atomic mass is 9.89. The van der Waals surface area contributed by atoms with Crippen LogP contribution in [0.4, 0.5) is 0 Å². The van der Waals surface area contributed by atoms with Crippen molar-refractivity contribution in [1.29, 1.82) is 0 Å². The van der Waals surface area contributed by atoms with E-state index in [-0.39, 0.29) is 29.4 Å². The van der Waals surface area contributed by atoms with Crippen LogP contribution in [0.1, 0.15) is 59.1 Å². The van der Waals surface area contributed by atoms with E-state index in [0.717, 1.165) is 17.7 Å². The summed E-state index contributed by atoms with van der Waals surface area (Å²) in [6, 6.07) is 7.11. The van der Waals surface area contributed by atoms with Crippen LogP contribution in [0.25, 0.3) is 0 Å². The maximum Gasteiger partial charge on any atom is 0.234 e. The van der Waals surface area contributed by atoms with E-state index >= 15 is 0 Å². The lowest BCUT2D eigenvalue weighted by Crippen LogP contribution is -2.23. The van der Waals surface area contributed by atoms with Gasteiger partial charge in [0, 0.05) is 18.6 Å². The van der Waals surface area contributed by atoms with Crippen molar-refractivity contribution >= 4 is 36.2 Å². The fourth-order valence-corrected chi connectivity index (χ4v) is 2.58. The summed E-state index contributed by atoms with van der Waals surface area (Å²) in [5.74, 6) is 1.23. The highest BCUT2D eigenvalue weighted by atomic mass is 32.1. The third-order valence-corrected chi connectivity index (χ3v) is 3.98. The molecule has 0 spiro atoms. The van der Waals surface area contributed by atoms with E-state index in [9.17, 15) is 9.59 Å². The van der Waals surface area contributed by atoms with Gasteiger partial charge in [0.05, 0.1) is 13.0 Å². The predicted molar refractivity (Wildman–Crippen MR) is 130 cm³/mol. The fraction of sp³-hybridized carbons (Fsp3) is 0.545. The summed E-state index contributed by atoms with van der Waals surface area (Å²) in [7, 11) is 0. The van der Waals surface area contributed by atoms with Gasteiger partial charge in [0.2, 0.25) is 5.91 Å². The SMILES string of the molecule is C/C(N)=N/N=C(\N)c1ccc(CC(=O)NS)cc1.CC(=O)CC(C)(C)COCC(C)C. The molecule has 0 bridgehead atoms. The molecule has 31 heavy (non-hydrogen) atoms. The van der Waals surface area contributed by atoms with Gasteiger partial charge < -0.3 is 25.7 Å². The first-order chi connectivity index (χ1) is 14.4. The van der Waals surface area contributed by atoms with E-state index in [2.05, 4.69) is 55.4 Å². The Morgan fingerprint density at radius 2 is 1.71 bits per heavy atom. The topological polar surface area (TPSA) is 132 Å². The van der Waals surface area contributed by atoms with Gasteiger partial charge in [-0.05, 0) is 30.7 Å². The molecule has 0 unspecified atom stereocenters. The second kappa shape index (κ2) is 14.6. The van der Waals surface area contributed by atoms with Gasteiger partial charge in [-0.3, -0.25) is 4.79 Å². The largest absolute Gasteiger partial charge is 0.386 e. The number of rotatable bonds is 10. The number of hydrogen-bond donors (Lipinski definition) is 4. The first-order valence-corrected chi connectivity index (χ1v) is 10.5. The van der Waals surface area contributed by atoms with Crippen molar-refractivity contribution in [1.82, 2.24) is 4.72 Å². The molecule has 0 heterocycles. The zero-order valence-corrected chi connectivity index (χ0v) is 20.3. The van der Waals surface area contributed by atoms with E-state index in [1.54, 1.807) is 38.1 Å². The molecule has 0 aliphatic rings.